The number of benzene rings is 1. The standard InChI is InChI=1S/C26H36ClN7O3S.ClH/c1-6-16(2)13-33(26(35)21-11-19(27)7-8-22(21)31-38(5,36)37)18(4)23-12-24-29-25(17(3)14-34(24)30-23)32-10-9-20(28)15-32;/h7-8,11-12,14,16,18,20,31H,6,9-10,13,15,28H2,1-5H3;1H/t16?,18-,20-;/m0./s1. The lowest BCUT2D eigenvalue weighted by molar-refractivity contribution is 0.0655. The SMILES string of the molecule is CCC(C)CN(C(=O)c1cc(Cl)ccc1NS(C)(=O)=O)[C@@H](C)c1cc2nc(N3CC[C@H](N)C3)c(C)cn2n1.Cl. The van der Waals surface area contributed by atoms with Crippen LogP contribution in [0.4, 0.5) is 11.5 Å². The average molecular weight is 599 g/mol. The second-order valence-corrected chi connectivity index (χ2v) is 12.5. The molecule has 0 aliphatic carbocycles. The molecule has 10 nitrogen and oxygen atoms in total. The van der Waals surface area contributed by atoms with Gasteiger partial charge in [0.2, 0.25) is 10.0 Å². The predicted molar refractivity (Wildman–Crippen MR) is 159 cm³/mol. The van der Waals surface area contributed by atoms with Crippen molar-refractivity contribution >= 4 is 57.1 Å². The predicted octanol–water partition coefficient (Wildman–Crippen LogP) is 4.27. The van der Waals surface area contributed by atoms with Crippen LogP contribution >= 0.6 is 24.0 Å². The highest BCUT2D eigenvalue weighted by Crippen LogP contribution is 2.30. The molecule has 39 heavy (non-hydrogen) atoms. The highest BCUT2D eigenvalue weighted by atomic mass is 35.5. The van der Waals surface area contributed by atoms with Crippen molar-refractivity contribution in [2.24, 2.45) is 11.7 Å². The van der Waals surface area contributed by atoms with Gasteiger partial charge in [-0.15, -0.1) is 12.4 Å². The third-order valence-corrected chi connectivity index (χ3v) is 7.84. The lowest BCUT2D eigenvalue weighted by Crippen LogP contribution is -2.37. The molecule has 3 aromatic rings. The summed E-state index contributed by atoms with van der Waals surface area (Å²) in [6, 6.07) is 6.18. The van der Waals surface area contributed by atoms with E-state index in [0.717, 1.165) is 43.6 Å². The first-order valence-electron chi connectivity index (χ1n) is 12.8. The topological polar surface area (TPSA) is 126 Å². The van der Waals surface area contributed by atoms with Gasteiger partial charge in [-0.25, -0.2) is 17.9 Å². The van der Waals surface area contributed by atoms with Crippen molar-refractivity contribution in [1.29, 1.82) is 0 Å². The highest BCUT2D eigenvalue weighted by molar-refractivity contribution is 7.92. The van der Waals surface area contributed by atoms with E-state index in [4.69, 9.17) is 27.4 Å². The largest absolute Gasteiger partial charge is 0.355 e. The van der Waals surface area contributed by atoms with E-state index in [0.29, 0.717) is 22.9 Å². The fourth-order valence-electron chi connectivity index (χ4n) is 4.70. The average Bonchev–Trinajstić information content (AvgIpc) is 3.46. The zero-order chi connectivity index (χ0) is 27.8. The van der Waals surface area contributed by atoms with Gasteiger partial charge in [-0.2, -0.15) is 5.10 Å². The Hall–Kier alpha value is -2.60. The van der Waals surface area contributed by atoms with Gasteiger partial charge in [-0.1, -0.05) is 31.9 Å². The number of hydrogen-bond donors (Lipinski definition) is 2. The van der Waals surface area contributed by atoms with Gasteiger partial charge in [0, 0.05) is 48.5 Å². The Kier molecular flexibility index (Phi) is 9.74. The summed E-state index contributed by atoms with van der Waals surface area (Å²) in [6.45, 7) is 10.2. The molecule has 214 valence electrons. The minimum atomic E-state index is -3.61. The van der Waals surface area contributed by atoms with E-state index in [9.17, 15) is 13.2 Å². The number of aryl methyl sites for hydroxylation is 1. The third-order valence-electron chi connectivity index (χ3n) is 7.02. The van der Waals surface area contributed by atoms with Gasteiger partial charge in [0.1, 0.15) is 5.82 Å². The molecule has 1 aliphatic heterocycles. The van der Waals surface area contributed by atoms with Crippen LogP contribution in [-0.2, 0) is 10.0 Å². The first-order chi connectivity index (χ1) is 17.9. The number of carbonyl (C=O) groups is 1. The number of anilines is 2. The summed E-state index contributed by atoms with van der Waals surface area (Å²) in [5, 5.41) is 5.10. The zero-order valence-electron chi connectivity index (χ0n) is 22.9. The van der Waals surface area contributed by atoms with Gasteiger partial charge in [0.15, 0.2) is 5.65 Å². The van der Waals surface area contributed by atoms with Crippen molar-refractivity contribution in [2.75, 3.05) is 35.5 Å². The minimum absolute atomic E-state index is 0. The molecular formula is C26H37Cl2N7O3S. The molecule has 1 aromatic carbocycles. The molecule has 3 atom stereocenters. The molecule has 2 aromatic heterocycles. The molecule has 1 aliphatic rings. The summed E-state index contributed by atoms with van der Waals surface area (Å²) in [4.78, 5) is 22.8. The number of hydrogen-bond acceptors (Lipinski definition) is 7. The van der Waals surface area contributed by atoms with E-state index in [1.54, 1.807) is 15.5 Å². The number of amides is 1. The molecule has 0 saturated carbocycles. The number of nitrogens with two attached hydrogens (primary N) is 1. The highest BCUT2D eigenvalue weighted by Gasteiger charge is 2.29. The maximum absolute atomic E-state index is 14.0. The zero-order valence-corrected chi connectivity index (χ0v) is 25.3. The van der Waals surface area contributed by atoms with Gasteiger partial charge in [0.05, 0.1) is 29.2 Å². The molecule has 4 rings (SSSR count). The van der Waals surface area contributed by atoms with Crippen molar-refractivity contribution in [1.82, 2.24) is 19.5 Å². The van der Waals surface area contributed by atoms with Gasteiger partial charge in [-0.05, 0) is 44.4 Å². The van der Waals surface area contributed by atoms with E-state index in [2.05, 4.69) is 23.5 Å². The summed E-state index contributed by atoms with van der Waals surface area (Å²) < 4.78 is 28.1. The fraction of sp³-hybridized carbons (Fsp3) is 0.500. The van der Waals surface area contributed by atoms with Gasteiger partial charge in [0.25, 0.3) is 5.91 Å². The van der Waals surface area contributed by atoms with Crippen LogP contribution in [0.1, 0.15) is 61.3 Å². The second-order valence-electron chi connectivity index (χ2n) is 10.3. The number of halogens is 2. The second kappa shape index (κ2) is 12.3. The van der Waals surface area contributed by atoms with E-state index in [1.165, 1.54) is 12.1 Å². The third kappa shape index (κ3) is 7.13. The van der Waals surface area contributed by atoms with Crippen molar-refractivity contribution in [2.45, 2.75) is 52.6 Å². The molecule has 3 N–H and O–H groups in total. The maximum atomic E-state index is 14.0. The van der Waals surface area contributed by atoms with Gasteiger partial charge >= 0.3 is 0 Å². The number of aromatic nitrogens is 3. The first kappa shape index (κ1) is 30.9. The van der Waals surface area contributed by atoms with E-state index in [-0.39, 0.29) is 41.5 Å². The van der Waals surface area contributed by atoms with Crippen LogP contribution in [0.15, 0.2) is 30.5 Å². The Balaban J connectivity index is 0.00000420. The Bertz CT molecular complexity index is 1450. The van der Waals surface area contributed by atoms with Crippen LogP contribution < -0.4 is 15.4 Å². The molecule has 13 heteroatoms. The minimum Gasteiger partial charge on any atom is -0.355 e. The monoisotopic (exact) mass is 597 g/mol. The quantitative estimate of drug-likeness (QED) is 0.377. The van der Waals surface area contributed by atoms with Crippen LogP contribution in [0.5, 0.6) is 0 Å². The normalized spacial score (nSPS) is 17.1. The number of nitrogens with zero attached hydrogens (tertiary/aromatic N) is 5. The molecule has 3 heterocycles. The smallest absolute Gasteiger partial charge is 0.256 e. The van der Waals surface area contributed by atoms with Crippen LogP contribution in [-0.4, -0.2) is 65.8 Å². The van der Waals surface area contributed by atoms with Crippen LogP contribution in [0.2, 0.25) is 5.02 Å². The van der Waals surface area contributed by atoms with Crippen molar-refractivity contribution < 1.29 is 13.2 Å². The number of sulfonamides is 1. The summed E-state index contributed by atoms with van der Waals surface area (Å²) in [6.07, 6.45) is 4.79. The molecule has 1 saturated heterocycles. The summed E-state index contributed by atoms with van der Waals surface area (Å²) >= 11 is 6.23. The maximum Gasteiger partial charge on any atom is 0.256 e. The van der Waals surface area contributed by atoms with Gasteiger partial charge in [-0.3, -0.25) is 9.52 Å². The summed E-state index contributed by atoms with van der Waals surface area (Å²) in [7, 11) is -3.61. The Morgan fingerprint density at radius 3 is 2.64 bits per heavy atom. The number of rotatable bonds is 9. The number of nitrogens with one attached hydrogen (secondary N) is 1. The van der Waals surface area contributed by atoms with Crippen LogP contribution in [0, 0.1) is 12.8 Å². The van der Waals surface area contributed by atoms with Crippen molar-refractivity contribution in [3.63, 3.8) is 0 Å². The molecule has 0 bridgehead atoms. The molecule has 0 spiro atoms. The van der Waals surface area contributed by atoms with Crippen LogP contribution in [0.3, 0.4) is 0 Å². The Morgan fingerprint density at radius 1 is 1.31 bits per heavy atom. The van der Waals surface area contributed by atoms with E-state index in [1.807, 2.05) is 26.1 Å². The molecule has 0 radical (unpaired) electrons. The molecule has 1 fully saturated rings. The van der Waals surface area contributed by atoms with Gasteiger partial charge < -0.3 is 15.5 Å². The van der Waals surface area contributed by atoms with Crippen LogP contribution in [0.25, 0.3) is 5.65 Å². The van der Waals surface area contributed by atoms with Crippen molar-refractivity contribution in [3.8, 4) is 0 Å². The van der Waals surface area contributed by atoms with E-state index >= 15 is 0 Å². The summed E-state index contributed by atoms with van der Waals surface area (Å²) in [5.74, 6) is 0.766. The number of carbonyl (C=O) groups excluding carboxylic acids is 1. The lowest BCUT2D eigenvalue weighted by atomic mass is 10.0. The summed E-state index contributed by atoms with van der Waals surface area (Å²) in [5.41, 5.74) is 8.85. The van der Waals surface area contributed by atoms with E-state index < -0.39 is 16.1 Å². The Labute approximate surface area is 241 Å². The molecule has 1 amide bonds. The Morgan fingerprint density at radius 2 is 2.03 bits per heavy atom. The molecular weight excluding hydrogens is 561 g/mol. The first-order valence-corrected chi connectivity index (χ1v) is 15.1. The lowest BCUT2D eigenvalue weighted by Gasteiger charge is -2.31. The fourth-order valence-corrected chi connectivity index (χ4v) is 5.45. The van der Waals surface area contributed by atoms with Crippen molar-refractivity contribution in [3.05, 3.63) is 52.3 Å². The number of fused-ring (bicyclic) bond motifs is 1. The molecule has 1 unspecified atom stereocenters.